The first-order valence-electron chi connectivity index (χ1n) is 8.65. The van der Waals surface area contributed by atoms with Crippen molar-refractivity contribution in [3.63, 3.8) is 0 Å². The summed E-state index contributed by atoms with van der Waals surface area (Å²) in [6.07, 6.45) is 0. The number of hydrogen-bond acceptors (Lipinski definition) is 4. The number of benzene rings is 2. The van der Waals surface area contributed by atoms with Gasteiger partial charge in [0.2, 0.25) is 5.91 Å². The maximum absolute atomic E-state index is 13.2. The molecular weight excluding hydrogens is 382 g/mol. The van der Waals surface area contributed by atoms with Gasteiger partial charge in [0.1, 0.15) is 6.04 Å². The predicted octanol–water partition coefficient (Wildman–Crippen LogP) is 2.84. The number of halogens is 1. The van der Waals surface area contributed by atoms with Crippen LogP contribution in [0.2, 0.25) is 0 Å². The summed E-state index contributed by atoms with van der Waals surface area (Å²) in [6.45, 7) is 2.26. The number of nitrogens with one attached hydrogen (secondary N) is 2. The SMILES string of the molecule is CNC(C)C(=O)NC1CSc2ccccc2N(Cc2ccccc2)C1=O.Cl. The number of fused-ring (bicyclic) bond motifs is 1. The lowest BCUT2D eigenvalue weighted by Gasteiger charge is -2.26. The van der Waals surface area contributed by atoms with Gasteiger partial charge >= 0.3 is 0 Å². The molecule has 3 rings (SSSR count). The van der Waals surface area contributed by atoms with Crippen LogP contribution in [0.3, 0.4) is 0 Å². The minimum atomic E-state index is -0.556. The van der Waals surface area contributed by atoms with Gasteiger partial charge in [-0.05, 0) is 31.7 Å². The molecule has 27 heavy (non-hydrogen) atoms. The highest BCUT2D eigenvalue weighted by Gasteiger charge is 2.32. The molecule has 5 nitrogen and oxygen atoms in total. The normalized spacial score (nSPS) is 17.3. The second-order valence-corrected chi connectivity index (χ2v) is 7.32. The van der Waals surface area contributed by atoms with Gasteiger partial charge < -0.3 is 15.5 Å². The van der Waals surface area contributed by atoms with Crippen LogP contribution in [0.1, 0.15) is 12.5 Å². The van der Waals surface area contributed by atoms with Crippen LogP contribution in [0.25, 0.3) is 0 Å². The van der Waals surface area contributed by atoms with Gasteiger partial charge in [0.05, 0.1) is 18.3 Å². The average molecular weight is 406 g/mol. The number of hydrogen-bond donors (Lipinski definition) is 2. The van der Waals surface area contributed by atoms with Crippen LogP contribution in [0, 0.1) is 0 Å². The molecule has 0 aromatic heterocycles. The van der Waals surface area contributed by atoms with Gasteiger partial charge in [-0.1, -0.05) is 42.5 Å². The van der Waals surface area contributed by atoms with Crippen LogP contribution < -0.4 is 15.5 Å². The summed E-state index contributed by atoms with van der Waals surface area (Å²) < 4.78 is 0. The fourth-order valence-electron chi connectivity index (χ4n) is 2.81. The molecule has 2 aromatic carbocycles. The Hall–Kier alpha value is -2.02. The summed E-state index contributed by atoms with van der Waals surface area (Å²) >= 11 is 1.60. The molecule has 0 fully saturated rings. The van der Waals surface area contributed by atoms with Gasteiger partial charge in [-0.25, -0.2) is 0 Å². The second kappa shape index (κ2) is 9.78. The van der Waals surface area contributed by atoms with E-state index in [-0.39, 0.29) is 30.3 Å². The molecule has 2 aromatic rings. The van der Waals surface area contributed by atoms with E-state index < -0.39 is 6.04 Å². The Kier molecular flexibility index (Phi) is 7.71. The Morgan fingerprint density at radius 2 is 1.85 bits per heavy atom. The van der Waals surface area contributed by atoms with Gasteiger partial charge in [0.15, 0.2) is 0 Å². The molecule has 0 bridgehead atoms. The summed E-state index contributed by atoms with van der Waals surface area (Å²) in [7, 11) is 1.73. The maximum atomic E-state index is 13.2. The summed E-state index contributed by atoms with van der Waals surface area (Å²) in [5.74, 6) is 0.267. The zero-order valence-electron chi connectivity index (χ0n) is 15.3. The van der Waals surface area contributed by atoms with Crippen molar-refractivity contribution in [3.05, 3.63) is 60.2 Å². The van der Waals surface area contributed by atoms with Crippen molar-refractivity contribution in [2.45, 2.75) is 30.4 Å². The summed E-state index contributed by atoms with van der Waals surface area (Å²) in [4.78, 5) is 28.3. The zero-order chi connectivity index (χ0) is 18.5. The van der Waals surface area contributed by atoms with Crippen molar-refractivity contribution < 1.29 is 9.59 Å². The lowest BCUT2D eigenvalue weighted by molar-refractivity contribution is -0.128. The molecule has 2 atom stereocenters. The van der Waals surface area contributed by atoms with E-state index in [1.54, 1.807) is 30.6 Å². The molecule has 0 spiro atoms. The summed E-state index contributed by atoms with van der Waals surface area (Å²) in [5, 5.41) is 5.81. The van der Waals surface area contributed by atoms with E-state index in [9.17, 15) is 9.59 Å². The van der Waals surface area contributed by atoms with E-state index in [0.717, 1.165) is 16.1 Å². The molecule has 1 heterocycles. The number of carbonyl (C=O) groups excluding carboxylic acids is 2. The molecule has 0 aliphatic carbocycles. The quantitative estimate of drug-likeness (QED) is 0.803. The molecular formula is C20H24ClN3O2S. The molecule has 1 aliphatic heterocycles. The average Bonchev–Trinajstić information content (AvgIpc) is 2.80. The standard InChI is InChI=1S/C20H23N3O2S.ClH/c1-14(21-2)19(24)22-16-13-26-18-11-7-6-10-17(18)23(20(16)25)12-15-8-4-3-5-9-15;/h3-11,14,16,21H,12-13H2,1-2H3,(H,22,24);1H. The summed E-state index contributed by atoms with van der Waals surface area (Å²) in [6, 6.07) is 16.9. The van der Waals surface area contributed by atoms with Gasteiger partial charge in [-0.3, -0.25) is 9.59 Å². The molecule has 0 radical (unpaired) electrons. The molecule has 2 amide bonds. The summed E-state index contributed by atoms with van der Waals surface area (Å²) in [5.41, 5.74) is 1.95. The largest absolute Gasteiger partial charge is 0.342 e. The van der Waals surface area contributed by atoms with Crippen molar-refractivity contribution in [1.82, 2.24) is 10.6 Å². The topological polar surface area (TPSA) is 61.4 Å². The highest BCUT2D eigenvalue weighted by Crippen LogP contribution is 2.35. The molecule has 0 saturated heterocycles. The highest BCUT2D eigenvalue weighted by molar-refractivity contribution is 7.99. The molecule has 0 saturated carbocycles. The van der Waals surface area contributed by atoms with Crippen molar-refractivity contribution in [1.29, 1.82) is 0 Å². The fourth-order valence-corrected chi connectivity index (χ4v) is 3.89. The maximum Gasteiger partial charge on any atom is 0.250 e. The van der Waals surface area contributed by atoms with Crippen LogP contribution >= 0.6 is 24.2 Å². The second-order valence-electron chi connectivity index (χ2n) is 6.26. The predicted molar refractivity (Wildman–Crippen MR) is 112 cm³/mol. The number of amides is 2. The lowest BCUT2D eigenvalue weighted by Crippen LogP contribution is -2.53. The molecule has 144 valence electrons. The van der Waals surface area contributed by atoms with Crippen LogP contribution in [0.15, 0.2) is 59.5 Å². The Morgan fingerprint density at radius 1 is 1.19 bits per heavy atom. The van der Waals surface area contributed by atoms with Crippen LogP contribution in [-0.4, -0.2) is 36.7 Å². The van der Waals surface area contributed by atoms with Crippen molar-refractivity contribution in [3.8, 4) is 0 Å². The van der Waals surface area contributed by atoms with Gasteiger partial charge in [-0.2, -0.15) is 0 Å². The van der Waals surface area contributed by atoms with Crippen molar-refractivity contribution in [2.24, 2.45) is 0 Å². The van der Waals surface area contributed by atoms with E-state index >= 15 is 0 Å². The van der Waals surface area contributed by atoms with E-state index in [1.165, 1.54) is 0 Å². The fraction of sp³-hybridized carbons (Fsp3) is 0.300. The third kappa shape index (κ3) is 5.03. The van der Waals surface area contributed by atoms with Crippen LogP contribution in [0.4, 0.5) is 5.69 Å². The van der Waals surface area contributed by atoms with Crippen molar-refractivity contribution in [2.75, 3.05) is 17.7 Å². The molecule has 7 heteroatoms. The third-order valence-electron chi connectivity index (χ3n) is 4.45. The number of anilines is 1. The van der Waals surface area contributed by atoms with Crippen LogP contribution in [0.5, 0.6) is 0 Å². The smallest absolute Gasteiger partial charge is 0.250 e. The van der Waals surface area contributed by atoms with E-state index in [2.05, 4.69) is 10.6 Å². The first-order valence-corrected chi connectivity index (χ1v) is 9.63. The number of thioether (sulfide) groups is 1. The van der Waals surface area contributed by atoms with Gasteiger partial charge in [0.25, 0.3) is 5.91 Å². The van der Waals surface area contributed by atoms with Gasteiger partial charge in [-0.15, -0.1) is 24.2 Å². The van der Waals surface area contributed by atoms with E-state index in [0.29, 0.717) is 12.3 Å². The van der Waals surface area contributed by atoms with Gasteiger partial charge in [0, 0.05) is 10.6 Å². The zero-order valence-corrected chi connectivity index (χ0v) is 17.0. The number of nitrogens with zero attached hydrogens (tertiary/aromatic N) is 1. The Labute approximate surface area is 170 Å². The first-order chi connectivity index (χ1) is 12.6. The minimum absolute atomic E-state index is 0. The molecule has 2 N–H and O–H groups in total. The Bertz CT molecular complexity index is 788. The van der Waals surface area contributed by atoms with E-state index in [4.69, 9.17) is 0 Å². The highest BCUT2D eigenvalue weighted by atomic mass is 35.5. The van der Waals surface area contributed by atoms with E-state index in [1.807, 2.05) is 54.6 Å². The number of carbonyl (C=O) groups is 2. The molecule has 1 aliphatic rings. The Balaban J connectivity index is 0.00000261. The first kappa shape index (κ1) is 21.3. The van der Waals surface area contributed by atoms with Crippen molar-refractivity contribution >= 4 is 41.7 Å². The monoisotopic (exact) mass is 405 g/mol. The number of para-hydroxylation sites is 1. The number of rotatable bonds is 5. The minimum Gasteiger partial charge on any atom is -0.342 e. The van der Waals surface area contributed by atoms with Crippen LogP contribution in [-0.2, 0) is 16.1 Å². The lowest BCUT2D eigenvalue weighted by atomic mass is 10.1. The third-order valence-corrected chi connectivity index (χ3v) is 5.61. The molecule has 2 unspecified atom stereocenters. The number of likely N-dealkylation sites (N-methyl/N-ethyl adjacent to an activating group) is 1. The Morgan fingerprint density at radius 3 is 2.56 bits per heavy atom.